The molecule has 3 aliphatic heterocycles. The summed E-state index contributed by atoms with van der Waals surface area (Å²) < 4.78 is 22.2. The van der Waals surface area contributed by atoms with Gasteiger partial charge in [0.2, 0.25) is 11.3 Å². The maximum absolute atomic E-state index is 13.5. The van der Waals surface area contributed by atoms with Crippen LogP contribution in [0.25, 0.3) is 0 Å². The van der Waals surface area contributed by atoms with Gasteiger partial charge in [-0.2, -0.15) is 0 Å². The molecule has 1 saturated heterocycles. The molecule has 178 valence electrons. The number of ketones is 1. The van der Waals surface area contributed by atoms with E-state index in [-0.39, 0.29) is 18.3 Å². The van der Waals surface area contributed by atoms with Gasteiger partial charge in [0.05, 0.1) is 6.34 Å². The first-order chi connectivity index (χ1) is 16.3. The summed E-state index contributed by atoms with van der Waals surface area (Å²) in [4.78, 5) is 50.7. The maximum Gasteiger partial charge on any atom is 0.303 e. The zero-order valence-corrected chi connectivity index (χ0v) is 18.7. The molecule has 12 nitrogen and oxygen atoms in total. The van der Waals surface area contributed by atoms with Crippen LogP contribution in [0, 0.1) is 5.41 Å². The molecule has 3 heterocycles. The topological polar surface area (TPSA) is 152 Å². The van der Waals surface area contributed by atoms with Crippen molar-refractivity contribution in [2.75, 3.05) is 13.7 Å². The fourth-order valence-corrected chi connectivity index (χ4v) is 4.11. The van der Waals surface area contributed by atoms with Crippen molar-refractivity contribution in [2.24, 2.45) is 15.0 Å². The molecule has 1 unspecified atom stereocenters. The number of fused-ring (bicyclic) bond motifs is 1. The van der Waals surface area contributed by atoms with E-state index in [0.717, 1.165) is 6.34 Å². The molecule has 0 bridgehead atoms. The Kier molecular flexibility index (Phi) is 6.35. The number of benzene rings is 1. The van der Waals surface area contributed by atoms with E-state index in [9.17, 15) is 14.4 Å². The molecule has 0 aromatic heterocycles. The van der Waals surface area contributed by atoms with E-state index in [1.807, 2.05) is 0 Å². The van der Waals surface area contributed by atoms with Gasteiger partial charge >= 0.3 is 11.9 Å². The Labute approximate surface area is 194 Å². The summed E-state index contributed by atoms with van der Waals surface area (Å²) in [5.74, 6) is -1.78. The molecule has 1 N–H and O–H groups in total. The molecule has 0 aliphatic carbocycles. The Morgan fingerprint density at radius 2 is 1.88 bits per heavy atom. The summed E-state index contributed by atoms with van der Waals surface area (Å²) in [5, 5.41) is 8.45. The minimum atomic E-state index is -1.80. The highest BCUT2D eigenvalue weighted by atomic mass is 16.6. The predicted octanol–water partition coefficient (Wildman–Crippen LogP) is 0.604. The molecule has 1 aromatic carbocycles. The van der Waals surface area contributed by atoms with Crippen molar-refractivity contribution in [1.82, 2.24) is 4.90 Å². The number of aliphatic imine (C=N–C) groups is 3. The van der Waals surface area contributed by atoms with Crippen molar-refractivity contribution in [2.45, 2.75) is 43.9 Å². The van der Waals surface area contributed by atoms with Crippen LogP contribution in [0.3, 0.4) is 0 Å². The molecule has 0 spiro atoms. The fraction of sp³-hybridized carbons (Fsp3) is 0.409. The van der Waals surface area contributed by atoms with Gasteiger partial charge in [0, 0.05) is 26.5 Å². The van der Waals surface area contributed by atoms with Crippen molar-refractivity contribution < 1.29 is 33.3 Å². The van der Waals surface area contributed by atoms with E-state index in [0.29, 0.717) is 5.56 Å². The normalized spacial score (nSPS) is 29.6. The number of ether oxygens (including phenoxy) is 4. The predicted molar refractivity (Wildman–Crippen MR) is 119 cm³/mol. The van der Waals surface area contributed by atoms with E-state index in [1.165, 1.54) is 32.2 Å². The van der Waals surface area contributed by atoms with E-state index >= 15 is 0 Å². The highest BCUT2D eigenvalue weighted by molar-refractivity contribution is 6.40. The Hall–Kier alpha value is -3.77. The van der Waals surface area contributed by atoms with Crippen LogP contribution in [0.2, 0.25) is 0 Å². The van der Waals surface area contributed by atoms with Gasteiger partial charge in [-0.3, -0.25) is 24.7 Å². The number of hydrogen-bond donors (Lipinski definition) is 1. The third-order valence-corrected chi connectivity index (χ3v) is 5.60. The molecule has 34 heavy (non-hydrogen) atoms. The number of carbonyl (C=O) groups excluding carboxylic acids is 3. The first kappa shape index (κ1) is 23.4. The Morgan fingerprint density at radius 3 is 2.53 bits per heavy atom. The van der Waals surface area contributed by atoms with Crippen LogP contribution in [-0.2, 0) is 28.5 Å². The zero-order valence-electron chi connectivity index (χ0n) is 18.7. The van der Waals surface area contributed by atoms with Crippen LogP contribution in [0.1, 0.15) is 24.2 Å². The van der Waals surface area contributed by atoms with E-state index in [2.05, 4.69) is 15.0 Å². The number of amidine groups is 2. The molecule has 5 atom stereocenters. The molecule has 0 radical (unpaired) electrons. The lowest BCUT2D eigenvalue weighted by Crippen LogP contribution is -2.57. The van der Waals surface area contributed by atoms with Crippen molar-refractivity contribution in [3.8, 4) is 0 Å². The smallest absolute Gasteiger partial charge is 0.303 e. The summed E-state index contributed by atoms with van der Waals surface area (Å²) in [7, 11) is 1.41. The van der Waals surface area contributed by atoms with Gasteiger partial charge in [0.15, 0.2) is 24.0 Å². The van der Waals surface area contributed by atoms with Crippen LogP contribution in [0.4, 0.5) is 0 Å². The standard InChI is InChI=1S/C22H23N5O7/c1-12(28)32-9-15-16(33-13(2)29)17(31-3)19(34-15)27-11-26-22(20(23)24-10-25-21(22)27)18(30)14-7-5-4-6-8-14/h4-8,10-11,15-17,19,23H,9H2,1-3H3/t15-,16-,17-,19-,22?/m1/s1. The number of esters is 2. The molecule has 4 rings (SSSR count). The number of rotatable bonds is 7. The third kappa shape index (κ3) is 3.90. The first-order valence-corrected chi connectivity index (χ1v) is 10.4. The van der Waals surface area contributed by atoms with Gasteiger partial charge in [-0.25, -0.2) is 15.0 Å². The van der Waals surface area contributed by atoms with Crippen LogP contribution >= 0.6 is 0 Å². The van der Waals surface area contributed by atoms with Crippen molar-refractivity contribution in [3.63, 3.8) is 0 Å². The van der Waals surface area contributed by atoms with Gasteiger partial charge in [0.25, 0.3) is 0 Å². The minimum Gasteiger partial charge on any atom is -0.463 e. The number of nitrogens with one attached hydrogen (secondary N) is 1. The number of hydrogen-bond acceptors (Lipinski definition) is 11. The largest absolute Gasteiger partial charge is 0.463 e. The van der Waals surface area contributed by atoms with Gasteiger partial charge in [-0.05, 0) is 0 Å². The van der Waals surface area contributed by atoms with Crippen molar-refractivity contribution >= 4 is 42.1 Å². The van der Waals surface area contributed by atoms with E-state index in [1.54, 1.807) is 30.3 Å². The number of nitrogens with zero attached hydrogens (tertiary/aromatic N) is 4. The van der Waals surface area contributed by atoms with Crippen LogP contribution in [-0.4, -0.2) is 90.8 Å². The quantitative estimate of drug-likeness (QED) is 0.450. The molecular weight excluding hydrogens is 446 g/mol. The third-order valence-electron chi connectivity index (χ3n) is 5.60. The summed E-state index contributed by atoms with van der Waals surface area (Å²) in [6.07, 6.45) is -1.09. The lowest BCUT2D eigenvalue weighted by molar-refractivity contribution is -0.157. The van der Waals surface area contributed by atoms with Gasteiger partial charge in [-0.1, -0.05) is 30.3 Å². The molecule has 1 aromatic rings. The summed E-state index contributed by atoms with van der Waals surface area (Å²) in [6, 6.07) is 8.42. The number of carbonyl (C=O) groups is 3. The molecule has 0 saturated carbocycles. The SMILES string of the molecule is CO[C@@H]1[C@H](OC(C)=O)[C@@H](COC(C)=O)O[C@H]1N1C=NC2(C(=O)c3ccccc3)C(=N)N=CN=C12. The van der Waals surface area contributed by atoms with Crippen LogP contribution in [0.5, 0.6) is 0 Å². The Bertz CT molecular complexity index is 1100. The molecule has 0 amide bonds. The zero-order chi connectivity index (χ0) is 24.5. The number of Topliss-reactive ketones (excluding diaryl/α,β-unsaturated/α-hetero) is 1. The van der Waals surface area contributed by atoms with Gasteiger partial charge in [0.1, 0.15) is 25.2 Å². The highest BCUT2D eigenvalue weighted by Crippen LogP contribution is 2.36. The fourth-order valence-electron chi connectivity index (χ4n) is 4.11. The molecule has 1 fully saturated rings. The summed E-state index contributed by atoms with van der Waals surface area (Å²) in [5.41, 5.74) is -1.47. The van der Waals surface area contributed by atoms with Gasteiger partial charge in [-0.15, -0.1) is 0 Å². The van der Waals surface area contributed by atoms with Gasteiger partial charge < -0.3 is 18.9 Å². The second-order valence-electron chi connectivity index (χ2n) is 7.75. The van der Waals surface area contributed by atoms with E-state index < -0.39 is 47.8 Å². The Balaban J connectivity index is 1.69. The second kappa shape index (κ2) is 9.23. The van der Waals surface area contributed by atoms with Crippen molar-refractivity contribution in [3.05, 3.63) is 35.9 Å². The monoisotopic (exact) mass is 469 g/mol. The highest BCUT2D eigenvalue weighted by Gasteiger charge is 2.59. The second-order valence-corrected chi connectivity index (χ2v) is 7.75. The Morgan fingerprint density at radius 1 is 1.15 bits per heavy atom. The van der Waals surface area contributed by atoms with E-state index in [4.69, 9.17) is 24.4 Å². The van der Waals surface area contributed by atoms with Crippen molar-refractivity contribution in [1.29, 1.82) is 5.41 Å². The van der Waals surface area contributed by atoms with Crippen LogP contribution < -0.4 is 0 Å². The van der Waals surface area contributed by atoms with Crippen LogP contribution in [0.15, 0.2) is 45.3 Å². The lowest BCUT2D eigenvalue weighted by atomic mass is 9.86. The molecule has 3 aliphatic rings. The molecular formula is C22H23N5O7. The summed E-state index contributed by atoms with van der Waals surface area (Å²) in [6.45, 7) is 2.30. The lowest BCUT2D eigenvalue weighted by Gasteiger charge is -2.33. The summed E-state index contributed by atoms with van der Waals surface area (Å²) >= 11 is 0. The maximum atomic E-state index is 13.5. The first-order valence-electron chi connectivity index (χ1n) is 10.4. The molecule has 12 heteroatoms. The minimum absolute atomic E-state index is 0.100. The number of methoxy groups -OCH3 is 1. The average molecular weight is 469 g/mol. The average Bonchev–Trinajstić information content (AvgIpc) is 3.37.